The Labute approximate surface area is 132 Å². The van der Waals surface area contributed by atoms with Crippen molar-refractivity contribution in [2.75, 3.05) is 0 Å². The maximum atomic E-state index is 11.2. The minimum atomic E-state index is -1.25. The molecule has 0 bridgehead atoms. The van der Waals surface area contributed by atoms with Crippen molar-refractivity contribution in [3.63, 3.8) is 0 Å². The van der Waals surface area contributed by atoms with Gasteiger partial charge in [0.05, 0.1) is 20.5 Å². The highest BCUT2D eigenvalue weighted by Gasteiger charge is 2.18. The van der Waals surface area contributed by atoms with E-state index in [0.29, 0.717) is 4.47 Å². The Morgan fingerprint density at radius 3 is 2.62 bits per heavy atom. The molecule has 2 aromatic carbocycles. The lowest BCUT2D eigenvalue weighted by molar-refractivity contribution is -0.384. The Hall–Kier alpha value is -2.12. The largest absolute Gasteiger partial charge is 0.478 e. The average Bonchev–Trinajstić information content (AvgIpc) is 2.40. The van der Waals surface area contributed by atoms with Crippen molar-refractivity contribution >= 4 is 39.2 Å². The smallest absolute Gasteiger partial charge is 0.341 e. The second kappa shape index (κ2) is 6.11. The van der Waals surface area contributed by atoms with E-state index in [1.165, 1.54) is 36.4 Å². The SMILES string of the molecule is O=C(O)c1c(Cl)cccc1Oc1cc([N+](=O)[O-])ccc1Br. The number of nitro benzene ring substituents is 1. The van der Waals surface area contributed by atoms with Crippen LogP contribution in [0.25, 0.3) is 0 Å². The Kier molecular flexibility index (Phi) is 4.44. The monoisotopic (exact) mass is 371 g/mol. The average molecular weight is 373 g/mol. The van der Waals surface area contributed by atoms with Gasteiger partial charge in [0.15, 0.2) is 0 Å². The van der Waals surface area contributed by atoms with Crippen molar-refractivity contribution in [3.05, 3.63) is 61.6 Å². The van der Waals surface area contributed by atoms with Crippen molar-refractivity contribution in [2.45, 2.75) is 0 Å². The maximum Gasteiger partial charge on any atom is 0.341 e. The highest BCUT2D eigenvalue weighted by atomic mass is 79.9. The van der Waals surface area contributed by atoms with E-state index < -0.39 is 10.9 Å². The molecule has 0 amide bonds. The number of aromatic carboxylic acids is 1. The fraction of sp³-hybridized carbons (Fsp3) is 0. The lowest BCUT2D eigenvalue weighted by atomic mass is 10.2. The summed E-state index contributed by atoms with van der Waals surface area (Å²) in [6, 6.07) is 8.29. The Bertz CT molecular complexity index is 734. The molecular weight excluding hydrogens is 366 g/mol. The Morgan fingerprint density at radius 1 is 1.29 bits per heavy atom. The molecule has 0 aliphatic heterocycles. The third-order valence-electron chi connectivity index (χ3n) is 2.53. The molecule has 0 aliphatic carbocycles. The van der Waals surface area contributed by atoms with Crippen LogP contribution >= 0.6 is 27.5 Å². The summed E-state index contributed by atoms with van der Waals surface area (Å²) in [7, 11) is 0. The summed E-state index contributed by atoms with van der Waals surface area (Å²) < 4.78 is 5.91. The van der Waals surface area contributed by atoms with Crippen molar-refractivity contribution < 1.29 is 19.6 Å². The first-order valence-electron chi connectivity index (χ1n) is 5.53. The number of benzene rings is 2. The van der Waals surface area contributed by atoms with E-state index in [4.69, 9.17) is 21.4 Å². The first-order valence-corrected chi connectivity index (χ1v) is 6.71. The van der Waals surface area contributed by atoms with Crippen molar-refractivity contribution in [2.24, 2.45) is 0 Å². The fourth-order valence-corrected chi connectivity index (χ4v) is 2.17. The molecule has 108 valence electrons. The van der Waals surface area contributed by atoms with Gasteiger partial charge in [0.1, 0.15) is 17.1 Å². The molecule has 0 aromatic heterocycles. The van der Waals surface area contributed by atoms with E-state index >= 15 is 0 Å². The molecular formula is C13H7BrClNO5. The summed E-state index contributed by atoms with van der Waals surface area (Å²) in [6.45, 7) is 0. The molecule has 0 spiro atoms. The van der Waals surface area contributed by atoms with Gasteiger partial charge in [-0.1, -0.05) is 17.7 Å². The standard InChI is InChI=1S/C13H7BrClNO5/c14-8-5-4-7(16(19)20)6-11(8)21-10-3-1-2-9(15)12(10)13(17)18/h1-6H,(H,17,18). The third kappa shape index (κ3) is 3.32. The summed E-state index contributed by atoms with van der Waals surface area (Å²) in [4.78, 5) is 21.4. The maximum absolute atomic E-state index is 11.2. The van der Waals surface area contributed by atoms with E-state index in [0.717, 1.165) is 0 Å². The Balaban J connectivity index is 2.48. The molecule has 0 atom stereocenters. The normalized spacial score (nSPS) is 10.2. The summed E-state index contributed by atoms with van der Waals surface area (Å²) in [6.07, 6.45) is 0. The first-order chi connectivity index (χ1) is 9.90. The van der Waals surface area contributed by atoms with Gasteiger partial charge in [0, 0.05) is 6.07 Å². The second-order valence-corrected chi connectivity index (χ2v) is 5.15. The van der Waals surface area contributed by atoms with Gasteiger partial charge in [-0.25, -0.2) is 4.79 Å². The zero-order valence-corrected chi connectivity index (χ0v) is 12.6. The predicted octanol–water partition coefficient (Wildman–Crippen LogP) is 4.50. The number of halogens is 2. The molecule has 0 saturated heterocycles. The van der Waals surface area contributed by atoms with Crippen LogP contribution in [0.4, 0.5) is 5.69 Å². The van der Waals surface area contributed by atoms with Gasteiger partial charge in [-0.15, -0.1) is 0 Å². The molecule has 2 rings (SSSR count). The van der Waals surface area contributed by atoms with Crippen molar-refractivity contribution in [3.8, 4) is 11.5 Å². The minimum absolute atomic E-state index is 0.00352. The molecule has 2 aromatic rings. The lowest BCUT2D eigenvalue weighted by Crippen LogP contribution is -2.01. The fourth-order valence-electron chi connectivity index (χ4n) is 1.60. The van der Waals surface area contributed by atoms with Crippen LogP contribution in [0.1, 0.15) is 10.4 Å². The second-order valence-electron chi connectivity index (χ2n) is 3.89. The van der Waals surface area contributed by atoms with E-state index in [2.05, 4.69) is 15.9 Å². The van der Waals surface area contributed by atoms with Crippen LogP contribution in [0.3, 0.4) is 0 Å². The van der Waals surface area contributed by atoms with Crippen LogP contribution in [0.5, 0.6) is 11.5 Å². The summed E-state index contributed by atoms with van der Waals surface area (Å²) in [5.41, 5.74) is -0.385. The number of nitro groups is 1. The van der Waals surface area contributed by atoms with Crippen LogP contribution in [-0.2, 0) is 0 Å². The molecule has 21 heavy (non-hydrogen) atoms. The van der Waals surface area contributed by atoms with E-state index in [9.17, 15) is 14.9 Å². The van der Waals surface area contributed by atoms with Crippen LogP contribution in [-0.4, -0.2) is 16.0 Å². The van der Waals surface area contributed by atoms with Gasteiger partial charge in [-0.2, -0.15) is 0 Å². The van der Waals surface area contributed by atoms with Crippen LogP contribution < -0.4 is 4.74 Å². The highest BCUT2D eigenvalue weighted by molar-refractivity contribution is 9.10. The Morgan fingerprint density at radius 2 is 2.00 bits per heavy atom. The van der Waals surface area contributed by atoms with Gasteiger partial charge in [-0.05, 0) is 34.1 Å². The van der Waals surface area contributed by atoms with Crippen molar-refractivity contribution in [1.82, 2.24) is 0 Å². The number of carbonyl (C=O) groups is 1. The molecule has 6 nitrogen and oxygen atoms in total. The van der Waals surface area contributed by atoms with E-state index in [-0.39, 0.29) is 27.8 Å². The van der Waals surface area contributed by atoms with E-state index in [1.54, 1.807) is 0 Å². The summed E-state index contributed by atoms with van der Waals surface area (Å²) in [5, 5.41) is 19.9. The molecule has 8 heteroatoms. The lowest BCUT2D eigenvalue weighted by Gasteiger charge is -2.11. The molecule has 1 N–H and O–H groups in total. The predicted molar refractivity (Wildman–Crippen MR) is 79.3 cm³/mol. The quantitative estimate of drug-likeness (QED) is 0.630. The molecule has 0 saturated carbocycles. The molecule has 0 unspecified atom stereocenters. The van der Waals surface area contributed by atoms with Crippen LogP contribution in [0.2, 0.25) is 5.02 Å². The summed E-state index contributed by atoms with van der Waals surface area (Å²) in [5.74, 6) is -1.14. The molecule has 0 fully saturated rings. The molecule has 0 aliphatic rings. The molecule has 0 heterocycles. The minimum Gasteiger partial charge on any atom is -0.478 e. The number of carboxylic acid groups (broad SMARTS) is 1. The number of nitrogens with zero attached hydrogens (tertiary/aromatic N) is 1. The van der Waals surface area contributed by atoms with Crippen LogP contribution in [0, 0.1) is 10.1 Å². The number of ether oxygens (including phenoxy) is 1. The zero-order valence-electron chi connectivity index (χ0n) is 10.2. The van der Waals surface area contributed by atoms with Gasteiger partial charge < -0.3 is 9.84 Å². The highest BCUT2D eigenvalue weighted by Crippen LogP contribution is 2.36. The number of carboxylic acids is 1. The van der Waals surface area contributed by atoms with Crippen LogP contribution in [0.15, 0.2) is 40.9 Å². The van der Waals surface area contributed by atoms with Gasteiger partial charge >= 0.3 is 5.97 Å². The van der Waals surface area contributed by atoms with Crippen molar-refractivity contribution in [1.29, 1.82) is 0 Å². The number of non-ortho nitro benzene ring substituents is 1. The van der Waals surface area contributed by atoms with Gasteiger partial charge in [0.2, 0.25) is 0 Å². The third-order valence-corrected chi connectivity index (χ3v) is 3.50. The first kappa shape index (κ1) is 15.3. The molecule has 0 radical (unpaired) electrons. The van der Waals surface area contributed by atoms with Gasteiger partial charge in [0.25, 0.3) is 5.69 Å². The zero-order chi connectivity index (χ0) is 15.6. The summed E-state index contributed by atoms with van der Waals surface area (Å²) >= 11 is 9.02. The van der Waals surface area contributed by atoms with E-state index in [1.807, 2.05) is 0 Å². The number of rotatable bonds is 4. The van der Waals surface area contributed by atoms with Gasteiger partial charge in [-0.3, -0.25) is 10.1 Å². The number of hydrogen-bond acceptors (Lipinski definition) is 4. The topological polar surface area (TPSA) is 89.7 Å². The number of hydrogen-bond donors (Lipinski definition) is 1.